The number of carboxylic acids is 1. The fourth-order valence-electron chi connectivity index (χ4n) is 1.09. The smallest absolute Gasteiger partial charge is 0.315 e. The molecule has 0 saturated heterocycles. The summed E-state index contributed by atoms with van der Waals surface area (Å²) in [6.07, 6.45) is 0. The summed E-state index contributed by atoms with van der Waals surface area (Å²) >= 11 is 0. The number of carbonyl (C=O) groups is 2. The van der Waals surface area contributed by atoms with Gasteiger partial charge in [-0.2, -0.15) is 0 Å². The van der Waals surface area contributed by atoms with Crippen molar-refractivity contribution in [2.24, 2.45) is 5.92 Å². The number of hydrogen-bond donors (Lipinski definition) is 2. The Kier molecular flexibility index (Phi) is 4.07. The fourth-order valence-corrected chi connectivity index (χ4v) is 1.09. The highest BCUT2D eigenvalue weighted by atomic mass is 16.4. The van der Waals surface area contributed by atoms with E-state index in [9.17, 15) is 14.7 Å². The Morgan fingerprint density at radius 2 is 1.86 bits per heavy atom. The number of aliphatic carboxylic acids is 1. The minimum Gasteiger partial charge on any atom is -0.481 e. The molecule has 82 valence electrons. The summed E-state index contributed by atoms with van der Waals surface area (Å²) in [5.74, 6) is -2.72. The van der Waals surface area contributed by atoms with E-state index in [1.54, 1.807) is 13.8 Å². The Labute approximate surface area is 83.3 Å². The van der Waals surface area contributed by atoms with E-state index in [0.717, 1.165) is 0 Å². The maximum atomic E-state index is 11.4. The van der Waals surface area contributed by atoms with E-state index in [4.69, 9.17) is 5.11 Å². The van der Waals surface area contributed by atoms with Crippen molar-refractivity contribution in [3.63, 3.8) is 0 Å². The van der Waals surface area contributed by atoms with E-state index in [1.807, 2.05) is 0 Å². The number of rotatable bonds is 4. The molecule has 0 aliphatic carbocycles. The third kappa shape index (κ3) is 4.23. The first kappa shape index (κ1) is 12.9. The van der Waals surface area contributed by atoms with Gasteiger partial charge in [-0.1, -0.05) is 0 Å². The van der Waals surface area contributed by atoms with Crippen LogP contribution in [0, 0.1) is 5.92 Å². The average Bonchev–Trinajstić information content (AvgIpc) is 1.98. The molecule has 5 nitrogen and oxygen atoms in total. The van der Waals surface area contributed by atoms with Crippen molar-refractivity contribution >= 4 is 11.9 Å². The molecule has 0 fully saturated rings. The Balaban J connectivity index is 4.33. The average molecular weight is 203 g/mol. The molecule has 1 amide bonds. The number of nitrogens with zero attached hydrogens (tertiary/aromatic N) is 1. The molecule has 0 bridgehead atoms. The highest BCUT2D eigenvalue weighted by Crippen LogP contribution is 2.07. The summed E-state index contributed by atoms with van der Waals surface area (Å²) in [6.45, 7) is 4.55. The molecule has 0 radical (unpaired) electrons. The molecule has 0 aromatic heterocycles. The summed E-state index contributed by atoms with van der Waals surface area (Å²) < 4.78 is 0. The Bertz CT molecular complexity index is 231. The summed E-state index contributed by atoms with van der Waals surface area (Å²) in [4.78, 5) is 23.1. The van der Waals surface area contributed by atoms with Gasteiger partial charge in [-0.05, 0) is 20.8 Å². The van der Waals surface area contributed by atoms with Gasteiger partial charge in [0.25, 0.3) is 0 Å². The number of carbonyl (C=O) groups excluding carboxylic acids is 1. The largest absolute Gasteiger partial charge is 0.481 e. The number of aliphatic hydroxyl groups is 1. The highest BCUT2D eigenvalue weighted by Gasteiger charge is 2.27. The van der Waals surface area contributed by atoms with Gasteiger partial charge in [-0.25, -0.2) is 0 Å². The van der Waals surface area contributed by atoms with Crippen molar-refractivity contribution in [1.29, 1.82) is 0 Å². The molecule has 0 saturated carbocycles. The molecule has 0 aliphatic rings. The molecule has 1 atom stereocenters. The Morgan fingerprint density at radius 1 is 1.43 bits per heavy atom. The van der Waals surface area contributed by atoms with Crippen molar-refractivity contribution in [3.8, 4) is 0 Å². The quantitative estimate of drug-likeness (QED) is 0.627. The molecule has 1 unspecified atom stereocenters. The number of likely N-dealkylation sites (N-methyl/N-ethyl adjacent to an activating group) is 1. The SMILES string of the molecule is CC(C(=O)O)C(=O)N(C)CC(C)(C)O. The van der Waals surface area contributed by atoms with E-state index in [2.05, 4.69) is 0 Å². The number of amides is 1. The Hall–Kier alpha value is -1.10. The van der Waals surface area contributed by atoms with Gasteiger partial charge in [0.05, 0.1) is 5.60 Å². The lowest BCUT2D eigenvalue weighted by atomic mass is 10.1. The van der Waals surface area contributed by atoms with E-state index in [-0.39, 0.29) is 6.54 Å². The zero-order chi connectivity index (χ0) is 11.5. The normalized spacial score (nSPS) is 13.5. The van der Waals surface area contributed by atoms with Crippen LogP contribution in [0.15, 0.2) is 0 Å². The van der Waals surface area contributed by atoms with Crippen LogP contribution >= 0.6 is 0 Å². The van der Waals surface area contributed by atoms with Crippen molar-refractivity contribution in [2.45, 2.75) is 26.4 Å². The zero-order valence-electron chi connectivity index (χ0n) is 8.94. The molecule has 2 N–H and O–H groups in total. The highest BCUT2D eigenvalue weighted by molar-refractivity contribution is 5.96. The van der Waals surface area contributed by atoms with Crippen LogP contribution in [0.25, 0.3) is 0 Å². The second kappa shape index (κ2) is 4.41. The van der Waals surface area contributed by atoms with E-state index >= 15 is 0 Å². The van der Waals surface area contributed by atoms with Crippen LogP contribution < -0.4 is 0 Å². The maximum absolute atomic E-state index is 11.4. The van der Waals surface area contributed by atoms with Crippen molar-refractivity contribution in [2.75, 3.05) is 13.6 Å². The zero-order valence-corrected chi connectivity index (χ0v) is 8.94. The molecule has 0 aromatic rings. The predicted molar refractivity (Wildman–Crippen MR) is 50.7 cm³/mol. The third-order valence-corrected chi connectivity index (χ3v) is 1.74. The van der Waals surface area contributed by atoms with Crippen molar-refractivity contribution in [3.05, 3.63) is 0 Å². The number of carboxylic acid groups (broad SMARTS) is 1. The Morgan fingerprint density at radius 3 is 2.14 bits per heavy atom. The monoisotopic (exact) mass is 203 g/mol. The van der Waals surface area contributed by atoms with Gasteiger partial charge in [0.2, 0.25) is 5.91 Å². The second-order valence-electron chi connectivity index (χ2n) is 4.07. The number of hydrogen-bond acceptors (Lipinski definition) is 3. The second-order valence-corrected chi connectivity index (χ2v) is 4.07. The fraction of sp³-hybridized carbons (Fsp3) is 0.778. The van der Waals surface area contributed by atoms with E-state index in [0.29, 0.717) is 0 Å². The summed E-state index contributed by atoms with van der Waals surface area (Å²) in [6, 6.07) is 0. The van der Waals surface area contributed by atoms with Crippen molar-refractivity contribution < 1.29 is 19.8 Å². The van der Waals surface area contributed by atoms with Crippen molar-refractivity contribution in [1.82, 2.24) is 4.90 Å². The first-order valence-electron chi connectivity index (χ1n) is 4.35. The molecule has 0 rings (SSSR count). The van der Waals surface area contributed by atoms with E-state index in [1.165, 1.54) is 18.9 Å². The molecule has 0 heterocycles. The van der Waals surface area contributed by atoms with Gasteiger partial charge in [0.1, 0.15) is 5.92 Å². The van der Waals surface area contributed by atoms with Gasteiger partial charge >= 0.3 is 5.97 Å². The first-order chi connectivity index (χ1) is 6.15. The molecule has 0 spiro atoms. The van der Waals surface area contributed by atoms with Crippen LogP contribution in [0.2, 0.25) is 0 Å². The van der Waals surface area contributed by atoms with Crippen LogP contribution in [0.5, 0.6) is 0 Å². The lowest BCUT2D eigenvalue weighted by Crippen LogP contribution is -2.43. The lowest BCUT2D eigenvalue weighted by Gasteiger charge is -2.26. The molecule has 0 aliphatic heterocycles. The molecule has 14 heavy (non-hydrogen) atoms. The van der Waals surface area contributed by atoms with Crippen LogP contribution in [0.4, 0.5) is 0 Å². The standard InChI is InChI=1S/C9H17NO4/c1-6(8(12)13)7(11)10(4)5-9(2,3)14/h6,14H,5H2,1-4H3,(H,12,13). The topological polar surface area (TPSA) is 77.8 Å². The minimum atomic E-state index is -1.16. The van der Waals surface area contributed by atoms with Crippen LogP contribution in [-0.2, 0) is 9.59 Å². The van der Waals surface area contributed by atoms with Gasteiger partial charge in [0, 0.05) is 13.6 Å². The third-order valence-electron chi connectivity index (χ3n) is 1.74. The van der Waals surface area contributed by atoms with E-state index < -0.39 is 23.4 Å². The molecule has 5 heteroatoms. The summed E-state index contributed by atoms with van der Waals surface area (Å²) in [5, 5.41) is 18.0. The maximum Gasteiger partial charge on any atom is 0.315 e. The van der Waals surface area contributed by atoms with Crippen LogP contribution in [0.3, 0.4) is 0 Å². The predicted octanol–water partition coefficient (Wildman–Crippen LogP) is -0.0636. The lowest BCUT2D eigenvalue weighted by molar-refractivity contribution is -0.150. The molecule has 0 aromatic carbocycles. The van der Waals surface area contributed by atoms with Gasteiger partial charge in [-0.15, -0.1) is 0 Å². The first-order valence-corrected chi connectivity index (χ1v) is 4.35. The van der Waals surface area contributed by atoms with Gasteiger partial charge in [-0.3, -0.25) is 9.59 Å². The molecular formula is C9H17NO4. The molecular weight excluding hydrogens is 186 g/mol. The van der Waals surface area contributed by atoms with Crippen LogP contribution in [0.1, 0.15) is 20.8 Å². The summed E-state index contributed by atoms with van der Waals surface area (Å²) in [5.41, 5.74) is -1.01. The summed E-state index contributed by atoms with van der Waals surface area (Å²) in [7, 11) is 1.47. The van der Waals surface area contributed by atoms with Gasteiger partial charge in [0.15, 0.2) is 0 Å². The minimum absolute atomic E-state index is 0.115. The van der Waals surface area contributed by atoms with Crippen LogP contribution in [-0.4, -0.2) is 46.2 Å². The van der Waals surface area contributed by atoms with Gasteiger partial charge < -0.3 is 15.1 Å².